The van der Waals surface area contributed by atoms with Gasteiger partial charge >= 0.3 is 6.03 Å². The van der Waals surface area contributed by atoms with E-state index < -0.39 is 0 Å². The molecule has 1 aliphatic rings. The third kappa shape index (κ3) is 4.69. The number of aliphatic hydroxyl groups is 2. The maximum Gasteiger partial charge on any atom is 0.319 e. The quantitative estimate of drug-likeness (QED) is 0.626. The van der Waals surface area contributed by atoms with Crippen LogP contribution in [0.15, 0.2) is 24.3 Å². The molecule has 0 aliphatic carbocycles. The average molecular weight is 307 g/mol. The molecule has 1 aromatic rings. The molecule has 2 rings (SSSR count). The zero-order chi connectivity index (χ0) is 15.9. The second-order valence-electron chi connectivity index (χ2n) is 5.87. The summed E-state index contributed by atoms with van der Waals surface area (Å²) < 4.78 is 0. The van der Waals surface area contributed by atoms with E-state index in [2.05, 4.69) is 15.5 Å². The number of amides is 2. The van der Waals surface area contributed by atoms with E-state index in [1.807, 2.05) is 31.2 Å². The van der Waals surface area contributed by atoms with Crippen LogP contribution < -0.4 is 10.6 Å². The lowest BCUT2D eigenvalue weighted by molar-refractivity contribution is 0.0880. The fourth-order valence-electron chi connectivity index (χ4n) is 2.70. The van der Waals surface area contributed by atoms with E-state index in [9.17, 15) is 15.0 Å². The van der Waals surface area contributed by atoms with Crippen LogP contribution in [0.3, 0.4) is 0 Å². The molecule has 1 aromatic carbocycles. The van der Waals surface area contributed by atoms with Gasteiger partial charge in [-0.3, -0.25) is 4.90 Å². The van der Waals surface area contributed by atoms with Crippen molar-refractivity contribution in [1.82, 2.24) is 10.2 Å². The van der Waals surface area contributed by atoms with E-state index >= 15 is 0 Å². The number of carbonyl (C=O) groups is 1. The van der Waals surface area contributed by atoms with Gasteiger partial charge in [-0.15, -0.1) is 0 Å². The molecule has 0 spiro atoms. The molecule has 122 valence electrons. The molecule has 1 heterocycles. The van der Waals surface area contributed by atoms with Gasteiger partial charge in [0, 0.05) is 18.8 Å². The summed E-state index contributed by atoms with van der Waals surface area (Å²) in [5, 5.41) is 24.1. The Balaban J connectivity index is 1.72. The van der Waals surface area contributed by atoms with Gasteiger partial charge in [-0.05, 0) is 37.9 Å². The summed E-state index contributed by atoms with van der Waals surface area (Å²) in [7, 11) is 0. The summed E-state index contributed by atoms with van der Waals surface area (Å²) in [6.07, 6.45) is 0.960. The SMILES string of the molecule is Cc1ccc(NC(=O)NC[C@H]2CCN(C(CO)CO)C2)cc1. The number of nitrogens with one attached hydrogen (secondary N) is 2. The standard InChI is InChI=1S/C16H25N3O3/c1-12-2-4-14(5-3-12)18-16(22)17-8-13-6-7-19(9-13)15(10-20)11-21/h2-5,13,15,20-21H,6-11H2,1H3,(H2,17,18,22)/t13-/m1/s1. The Morgan fingerprint density at radius 2 is 2.00 bits per heavy atom. The van der Waals surface area contributed by atoms with Crippen LogP contribution in [0.5, 0.6) is 0 Å². The summed E-state index contributed by atoms with van der Waals surface area (Å²) in [6.45, 7) is 4.16. The Bertz CT molecular complexity index is 474. The van der Waals surface area contributed by atoms with Gasteiger partial charge in [0.05, 0.1) is 19.3 Å². The lowest BCUT2D eigenvalue weighted by Crippen LogP contribution is -2.40. The van der Waals surface area contributed by atoms with Crippen molar-refractivity contribution in [2.24, 2.45) is 5.92 Å². The minimum Gasteiger partial charge on any atom is -0.395 e. The van der Waals surface area contributed by atoms with Crippen molar-refractivity contribution in [1.29, 1.82) is 0 Å². The van der Waals surface area contributed by atoms with Gasteiger partial charge in [-0.1, -0.05) is 17.7 Å². The number of benzene rings is 1. The monoisotopic (exact) mass is 307 g/mol. The maximum absolute atomic E-state index is 11.9. The third-order valence-electron chi connectivity index (χ3n) is 4.12. The van der Waals surface area contributed by atoms with Gasteiger partial charge in [-0.25, -0.2) is 4.79 Å². The minimum atomic E-state index is -0.205. The molecule has 6 nitrogen and oxygen atoms in total. The maximum atomic E-state index is 11.9. The van der Waals surface area contributed by atoms with E-state index in [4.69, 9.17) is 0 Å². The van der Waals surface area contributed by atoms with Crippen LogP contribution in [-0.4, -0.2) is 60.0 Å². The zero-order valence-corrected chi connectivity index (χ0v) is 13.0. The number of hydrogen-bond donors (Lipinski definition) is 4. The number of nitrogens with zero attached hydrogens (tertiary/aromatic N) is 1. The summed E-state index contributed by atoms with van der Waals surface area (Å²) in [4.78, 5) is 13.9. The summed E-state index contributed by atoms with van der Waals surface area (Å²) in [5.74, 6) is 0.351. The largest absolute Gasteiger partial charge is 0.395 e. The number of carbonyl (C=O) groups excluding carboxylic acids is 1. The summed E-state index contributed by atoms with van der Waals surface area (Å²) >= 11 is 0. The number of rotatable bonds is 6. The molecule has 0 bridgehead atoms. The molecule has 1 atom stereocenters. The lowest BCUT2D eigenvalue weighted by Gasteiger charge is -2.24. The molecule has 1 aliphatic heterocycles. The van der Waals surface area contributed by atoms with Crippen molar-refractivity contribution in [3.05, 3.63) is 29.8 Å². The molecule has 0 radical (unpaired) electrons. The van der Waals surface area contributed by atoms with Crippen LogP contribution in [-0.2, 0) is 0 Å². The molecule has 0 saturated carbocycles. The Labute approximate surface area is 131 Å². The molecular weight excluding hydrogens is 282 g/mol. The first kappa shape index (κ1) is 16.7. The van der Waals surface area contributed by atoms with Crippen LogP contribution in [0.2, 0.25) is 0 Å². The van der Waals surface area contributed by atoms with Gasteiger partial charge in [0.2, 0.25) is 0 Å². The summed E-state index contributed by atoms with van der Waals surface area (Å²) in [5.41, 5.74) is 1.93. The fraction of sp³-hybridized carbons (Fsp3) is 0.562. The van der Waals surface area contributed by atoms with Crippen LogP contribution in [0.1, 0.15) is 12.0 Å². The first-order valence-electron chi connectivity index (χ1n) is 7.69. The highest BCUT2D eigenvalue weighted by Crippen LogP contribution is 2.18. The van der Waals surface area contributed by atoms with Crippen molar-refractivity contribution in [2.75, 3.05) is 38.2 Å². The van der Waals surface area contributed by atoms with E-state index in [0.717, 1.165) is 30.8 Å². The zero-order valence-electron chi connectivity index (χ0n) is 13.0. The van der Waals surface area contributed by atoms with E-state index in [-0.39, 0.29) is 25.3 Å². The minimum absolute atomic E-state index is 0.0371. The van der Waals surface area contributed by atoms with Gasteiger partial charge in [0.25, 0.3) is 0 Å². The number of urea groups is 1. The molecule has 6 heteroatoms. The van der Waals surface area contributed by atoms with Crippen LogP contribution in [0.4, 0.5) is 10.5 Å². The fourth-order valence-corrected chi connectivity index (χ4v) is 2.70. The molecule has 2 amide bonds. The molecular formula is C16H25N3O3. The second kappa shape index (κ2) is 8.12. The Morgan fingerprint density at radius 3 is 2.64 bits per heavy atom. The Morgan fingerprint density at radius 1 is 1.32 bits per heavy atom. The average Bonchev–Trinajstić information content (AvgIpc) is 2.98. The van der Waals surface area contributed by atoms with E-state index in [1.54, 1.807) is 0 Å². The topological polar surface area (TPSA) is 84.8 Å². The molecule has 1 saturated heterocycles. The smallest absolute Gasteiger partial charge is 0.319 e. The summed E-state index contributed by atoms with van der Waals surface area (Å²) in [6, 6.07) is 7.26. The number of hydrogen-bond acceptors (Lipinski definition) is 4. The molecule has 1 fully saturated rings. The number of aliphatic hydroxyl groups excluding tert-OH is 2. The molecule has 4 N–H and O–H groups in total. The third-order valence-corrected chi connectivity index (χ3v) is 4.12. The van der Waals surface area contributed by atoms with Crippen LogP contribution >= 0.6 is 0 Å². The van der Waals surface area contributed by atoms with Crippen molar-refractivity contribution < 1.29 is 15.0 Å². The van der Waals surface area contributed by atoms with Crippen molar-refractivity contribution in [3.8, 4) is 0 Å². The highest BCUT2D eigenvalue weighted by Gasteiger charge is 2.27. The highest BCUT2D eigenvalue weighted by atomic mass is 16.3. The lowest BCUT2D eigenvalue weighted by atomic mass is 10.1. The molecule has 0 unspecified atom stereocenters. The molecule has 22 heavy (non-hydrogen) atoms. The predicted octanol–water partition coefficient (Wildman–Crippen LogP) is 0.792. The highest BCUT2D eigenvalue weighted by molar-refractivity contribution is 5.89. The van der Waals surface area contributed by atoms with Gasteiger partial charge < -0.3 is 20.8 Å². The first-order chi connectivity index (χ1) is 10.6. The number of anilines is 1. The van der Waals surface area contributed by atoms with Crippen molar-refractivity contribution in [3.63, 3.8) is 0 Å². The Hall–Kier alpha value is -1.63. The van der Waals surface area contributed by atoms with Crippen LogP contribution in [0.25, 0.3) is 0 Å². The van der Waals surface area contributed by atoms with Crippen LogP contribution in [0, 0.1) is 12.8 Å². The number of aryl methyl sites for hydroxylation is 1. The van der Waals surface area contributed by atoms with Crippen molar-refractivity contribution >= 4 is 11.7 Å². The molecule has 0 aromatic heterocycles. The van der Waals surface area contributed by atoms with E-state index in [0.29, 0.717) is 12.5 Å². The number of likely N-dealkylation sites (tertiary alicyclic amines) is 1. The first-order valence-corrected chi connectivity index (χ1v) is 7.69. The second-order valence-corrected chi connectivity index (χ2v) is 5.87. The van der Waals surface area contributed by atoms with Gasteiger partial charge in [0.15, 0.2) is 0 Å². The Kier molecular flexibility index (Phi) is 6.18. The van der Waals surface area contributed by atoms with E-state index in [1.165, 1.54) is 0 Å². The normalized spacial score (nSPS) is 18.6. The van der Waals surface area contributed by atoms with Gasteiger partial charge in [0.1, 0.15) is 0 Å². The van der Waals surface area contributed by atoms with Gasteiger partial charge in [-0.2, -0.15) is 0 Å². The predicted molar refractivity (Wildman–Crippen MR) is 85.8 cm³/mol. The van der Waals surface area contributed by atoms with Crippen molar-refractivity contribution in [2.45, 2.75) is 19.4 Å².